The first kappa shape index (κ1) is 19.8. The third-order valence-electron chi connectivity index (χ3n) is 3.93. The van der Waals surface area contributed by atoms with Crippen molar-refractivity contribution in [1.82, 2.24) is 15.0 Å². The number of halogens is 2. The molecular formula is C16H17BrFN7O3. The smallest absolute Gasteiger partial charge is 0.324 e. The minimum atomic E-state index is -1.13. The fourth-order valence-electron chi connectivity index (χ4n) is 2.55. The summed E-state index contributed by atoms with van der Waals surface area (Å²) in [4.78, 5) is 21.1. The van der Waals surface area contributed by atoms with Crippen molar-refractivity contribution >= 4 is 33.6 Å². The Kier molecular flexibility index (Phi) is 5.90. The number of benzene rings is 1. The van der Waals surface area contributed by atoms with Gasteiger partial charge in [-0.1, -0.05) is 0 Å². The van der Waals surface area contributed by atoms with Gasteiger partial charge in [0.2, 0.25) is 0 Å². The highest BCUT2D eigenvalue weighted by atomic mass is 79.9. The summed E-state index contributed by atoms with van der Waals surface area (Å²) >= 11 is 3.33. The number of carboxylic acids is 1. The van der Waals surface area contributed by atoms with Gasteiger partial charge in [0.15, 0.2) is 5.84 Å². The Morgan fingerprint density at radius 1 is 1.43 bits per heavy atom. The zero-order chi connectivity index (χ0) is 20.3. The lowest BCUT2D eigenvalue weighted by Gasteiger charge is -2.39. The number of aromatic nitrogens is 2. The Balaban J connectivity index is 1.59. The number of hydrazone groups is 1. The normalized spacial score (nSPS) is 14.5. The van der Waals surface area contributed by atoms with Crippen molar-refractivity contribution in [2.45, 2.75) is 6.10 Å². The van der Waals surface area contributed by atoms with Crippen LogP contribution in [0.5, 0.6) is 5.75 Å². The van der Waals surface area contributed by atoms with Crippen molar-refractivity contribution in [3.63, 3.8) is 0 Å². The van der Waals surface area contributed by atoms with E-state index in [1.807, 2.05) is 4.90 Å². The molecule has 0 unspecified atom stereocenters. The summed E-state index contributed by atoms with van der Waals surface area (Å²) in [5, 5.41) is 13.1. The van der Waals surface area contributed by atoms with E-state index in [-0.39, 0.29) is 23.5 Å². The molecule has 1 aliphatic heterocycles. The number of nitrogens with two attached hydrogens (primary N) is 2. The van der Waals surface area contributed by atoms with E-state index in [2.05, 4.69) is 31.0 Å². The number of nitrogens with zero attached hydrogens (tertiary/aromatic N) is 5. The molecule has 3 rings (SSSR count). The Morgan fingerprint density at radius 2 is 2.18 bits per heavy atom. The molecule has 2 heterocycles. The number of anilines is 1. The number of hydrazine groups is 1. The highest BCUT2D eigenvalue weighted by molar-refractivity contribution is 9.10. The summed E-state index contributed by atoms with van der Waals surface area (Å²) in [6, 6.07) is 4.26. The molecule has 12 heteroatoms. The standard InChI is InChI=1S/C16H17BrFN7O3/c17-11-2-1-9(18)3-13(11)28-10-6-24(7-10)14-5-21-12(4-22-14)16(23-19)25(20)8-15(26)27/h1-5,10H,6-8,19-20H2,(H,26,27)/b23-16-. The van der Waals surface area contributed by atoms with Gasteiger partial charge in [-0.25, -0.2) is 20.2 Å². The van der Waals surface area contributed by atoms with Crippen molar-refractivity contribution in [2.24, 2.45) is 16.8 Å². The molecule has 28 heavy (non-hydrogen) atoms. The molecule has 1 aromatic heterocycles. The van der Waals surface area contributed by atoms with Crippen LogP contribution in [0.25, 0.3) is 0 Å². The quantitative estimate of drug-likeness (QED) is 0.246. The number of rotatable bonds is 6. The molecule has 0 spiro atoms. The van der Waals surface area contributed by atoms with E-state index in [0.717, 1.165) is 5.01 Å². The van der Waals surface area contributed by atoms with Crippen LogP contribution in [0, 0.1) is 5.82 Å². The average Bonchev–Trinajstić information content (AvgIpc) is 2.61. The summed E-state index contributed by atoms with van der Waals surface area (Å²) in [5.41, 5.74) is 0.243. The second-order valence-corrected chi connectivity index (χ2v) is 6.81. The molecular weight excluding hydrogens is 437 g/mol. The van der Waals surface area contributed by atoms with E-state index in [9.17, 15) is 9.18 Å². The summed E-state index contributed by atoms with van der Waals surface area (Å²) in [5.74, 6) is 10.4. The summed E-state index contributed by atoms with van der Waals surface area (Å²) < 4.78 is 19.8. The van der Waals surface area contributed by atoms with E-state index in [0.29, 0.717) is 29.1 Å². The molecule has 148 valence electrons. The predicted octanol–water partition coefficient (Wildman–Crippen LogP) is 0.526. The first-order chi connectivity index (χ1) is 13.4. The minimum absolute atomic E-state index is 0.00206. The van der Waals surface area contributed by atoms with Crippen molar-refractivity contribution in [3.05, 3.63) is 46.6 Å². The second-order valence-electron chi connectivity index (χ2n) is 5.95. The van der Waals surface area contributed by atoms with Gasteiger partial charge in [0, 0.05) is 6.07 Å². The molecule has 0 saturated carbocycles. The van der Waals surface area contributed by atoms with Crippen molar-refractivity contribution in [2.75, 3.05) is 24.5 Å². The second kappa shape index (κ2) is 8.35. The lowest BCUT2D eigenvalue weighted by atomic mass is 10.1. The molecule has 1 aromatic carbocycles. The van der Waals surface area contributed by atoms with Crippen molar-refractivity contribution in [1.29, 1.82) is 0 Å². The van der Waals surface area contributed by atoms with Gasteiger partial charge in [0.1, 0.15) is 35.7 Å². The van der Waals surface area contributed by atoms with Gasteiger partial charge in [-0.2, -0.15) is 5.10 Å². The Hall–Kier alpha value is -2.99. The number of ether oxygens (including phenoxy) is 1. The molecule has 1 saturated heterocycles. The maximum absolute atomic E-state index is 13.3. The highest BCUT2D eigenvalue weighted by Crippen LogP contribution is 2.29. The van der Waals surface area contributed by atoms with Crippen LogP contribution >= 0.6 is 15.9 Å². The van der Waals surface area contributed by atoms with Crippen LogP contribution in [-0.2, 0) is 4.79 Å². The number of aliphatic carboxylic acids is 1. The van der Waals surface area contributed by atoms with Crippen molar-refractivity contribution < 1.29 is 19.0 Å². The Bertz CT molecular complexity index is 890. The van der Waals surface area contributed by atoms with Gasteiger partial charge < -0.3 is 20.6 Å². The fraction of sp³-hybridized carbons (Fsp3) is 0.250. The Morgan fingerprint density at radius 3 is 2.79 bits per heavy atom. The number of carbonyl (C=O) groups is 1. The minimum Gasteiger partial charge on any atom is -0.485 e. The van der Waals surface area contributed by atoms with Gasteiger partial charge >= 0.3 is 5.97 Å². The maximum Gasteiger partial charge on any atom is 0.324 e. The molecule has 0 bridgehead atoms. The van der Waals surface area contributed by atoms with Crippen LogP contribution in [0.4, 0.5) is 10.2 Å². The monoisotopic (exact) mass is 453 g/mol. The molecule has 1 fully saturated rings. The number of hydrogen-bond donors (Lipinski definition) is 3. The van der Waals surface area contributed by atoms with Crippen LogP contribution in [0.1, 0.15) is 5.69 Å². The molecule has 2 aromatic rings. The van der Waals surface area contributed by atoms with Gasteiger partial charge in [-0.3, -0.25) is 9.80 Å². The van der Waals surface area contributed by atoms with E-state index in [1.54, 1.807) is 6.07 Å². The topological polar surface area (TPSA) is 143 Å². The lowest BCUT2D eigenvalue weighted by Crippen LogP contribution is -2.54. The number of carboxylic acid groups (broad SMARTS) is 1. The average molecular weight is 454 g/mol. The van der Waals surface area contributed by atoms with Crippen LogP contribution in [0.15, 0.2) is 40.2 Å². The highest BCUT2D eigenvalue weighted by Gasteiger charge is 2.30. The van der Waals surface area contributed by atoms with E-state index in [4.69, 9.17) is 21.5 Å². The maximum atomic E-state index is 13.3. The van der Waals surface area contributed by atoms with Gasteiger partial charge in [0.05, 0.1) is 30.0 Å². The third kappa shape index (κ3) is 4.46. The number of hydrogen-bond acceptors (Lipinski definition) is 8. The summed E-state index contributed by atoms with van der Waals surface area (Å²) in [6.45, 7) is 0.619. The van der Waals surface area contributed by atoms with E-state index < -0.39 is 12.5 Å². The van der Waals surface area contributed by atoms with Gasteiger partial charge in [-0.05, 0) is 28.1 Å². The Labute approximate surface area is 167 Å². The lowest BCUT2D eigenvalue weighted by molar-refractivity contribution is -0.137. The molecule has 0 radical (unpaired) electrons. The van der Waals surface area contributed by atoms with E-state index in [1.165, 1.54) is 24.5 Å². The van der Waals surface area contributed by atoms with Crippen molar-refractivity contribution in [3.8, 4) is 5.75 Å². The van der Waals surface area contributed by atoms with E-state index >= 15 is 0 Å². The van der Waals surface area contributed by atoms with Gasteiger partial charge in [0.25, 0.3) is 0 Å². The molecule has 0 aliphatic carbocycles. The third-order valence-corrected chi connectivity index (χ3v) is 4.58. The van der Waals surface area contributed by atoms with Crippen LogP contribution < -0.4 is 21.3 Å². The van der Waals surface area contributed by atoms with Gasteiger partial charge in [-0.15, -0.1) is 0 Å². The largest absolute Gasteiger partial charge is 0.485 e. The predicted molar refractivity (Wildman–Crippen MR) is 102 cm³/mol. The first-order valence-corrected chi connectivity index (χ1v) is 8.87. The van der Waals surface area contributed by atoms with Crippen LogP contribution in [0.3, 0.4) is 0 Å². The fourth-order valence-corrected chi connectivity index (χ4v) is 2.89. The van der Waals surface area contributed by atoms with Crippen LogP contribution in [-0.4, -0.2) is 57.6 Å². The zero-order valence-corrected chi connectivity index (χ0v) is 16.1. The molecule has 1 aliphatic rings. The summed E-state index contributed by atoms with van der Waals surface area (Å²) in [7, 11) is 0. The molecule has 0 amide bonds. The molecule has 0 atom stereocenters. The number of amidine groups is 1. The SMILES string of the molecule is N/N=C(/c1cnc(N2CC(Oc3cc(F)ccc3Br)C2)cn1)N(N)CC(=O)O. The molecule has 10 nitrogen and oxygen atoms in total. The summed E-state index contributed by atoms with van der Waals surface area (Å²) in [6.07, 6.45) is 2.79. The zero-order valence-electron chi connectivity index (χ0n) is 14.5. The molecule has 5 N–H and O–H groups in total. The first-order valence-electron chi connectivity index (χ1n) is 8.08. The van der Waals surface area contributed by atoms with Crippen LogP contribution in [0.2, 0.25) is 0 Å².